The molecule has 0 aliphatic heterocycles. The molecule has 1 aromatic rings. The van der Waals surface area contributed by atoms with E-state index in [-0.39, 0.29) is 6.04 Å². The Hall–Kier alpha value is -1.52. The molecule has 16 heavy (non-hydrogen) atoms. The minimum atomic E-state index is -0.392. The minimum Gasteiger partial charge on any atom is -0.449 e. The van der Waals surface area contributed by atoms with E-state index in [0.29, 0.717) is 12.5 Å². The molecule has 90 valence electrons. The van der Waals surface area contributed by atoms with Gasteiger partial charge in [0.2, 0.25) is 0 Å². The summed E-state index contributed by atoms with van der Waals surface area (Å²) in [7, 11) is 0. The SMILES string of the molecule is CCC(NC(=O)OCC(C)C)c1ncc[nH]1. The second-order valence-corrected chi connectivity index (χ2v) is 4.07. The smallest absolute Gasteiger partial charge is 0.407 e. The van der Waals surface area contributed by atoms with Gasteiger partial charge in [-0.15, -0.1) is 0 Å². The molecule has 0 fully saturated rings. The zero-order chi connectivity index (χ0) is 12.0. The highest BCUT2D eigenvalue weighted by molar-refractivity contribution is 5.67. The molecule has 1 rings (SSSR count). The molecule has 0 aliphatic carbocycles. The predicted octanol–water partition coefficient (Wildman–Crippen LogP) is 2.24. The van der Waals surface area contributed by atoms with E-state index < -0.39 is 6.09 Å². The summed E-state index contributed by atoms with van der Waals surface area (Å²) < 4.78 is 5.04. The number of carbonyl (C=O) groups excluding carboxylic acids is 1. The van der Waals surface area contributed by atoms with Crippen molar-refractivity contribution in [3.05, 3.63) is 18.2 Å². The summed E-state index contributed by atoms with van der Waals surface area (Å²) >= 11 is 0. The Morgan fingerprint density at radius 3 is 2.88 bits per heavy atom. The maximum atomic E-state index is 11.4. The number of nitrogens with zero attached hydrogens (tertiary/aromatic N) is 1. The number of hydrogen-bond donors (Lipinski definition) is 2. The molecule has 5 nitrogen and oxygen atoms in total. The number of hydrogen-bond acceptors (Lipinski definition) is 3. The maximum absolute atomic E-state index is 11.4. The topological polar surface area (TPSA) is 67.0 Å². The Morgan fingerprint density at radius 2 is 2.38 bits per heavy atom. The van der Waals surface area contributed by atoms with Crippen LogP contribution in [0.1, 0.15) is 39.1 Å². The molecule has 1 amide bonds. The van der Waals surface area contributed by atoms with Gasteiger partial charge in [0.25, 0.3) is 0 Å². The van der Waals surface area contributed by atoms with Crippen molar-refractivity contribution in [2.24, 2.45) is 5.92 Å². The minimum absolute atomic E-state index is 0.116. The lowest BCUT2D eigenvalue weighted by Crippen LogP contribution is -2.30. The first-order chi connectivity index (χ1) is 7.63. The Labute approximate surface area is 95.6 Å². The van der Waals surface area contributed by atoms with E-state index in [9.17, 15) is 4.79 Å². The van der Waals surface area contributed by atoms with E-state index in [1.165, 1.54) is 0 Å². The lowest BCUT2D eigenvalue weighted by Gasteiger charge is -2.15. The van der Waals surface area contributed by atoms with Gasteiger partial charge in [0.15, 0.2) is 0 Å². The van der Waals surface area contributed by atoms with Crippen molar-refractivity contribution < 1.29 is 9.53 Å². The number of nitrogens with one attached hydrogen (secondary N) is 2. The van der Waals surface area contributed by atoms with Crippen LogP contribution in [-0.2, 0) is 4.74 Å². The van der Waals surface area contributed by atoms with Crippen molar-refractivity contribution in [1.29, 1.82) is 0 Å². The average Bonchev–Trinajstić information content (AvgIpc) is 2.76. The molecule has 1 aromatic heterocycles. The van der Waals surface area contributed by atoms with Crippen LogP contribution in [0, 0.1) is 5.92 Å². The lowest BCUT2D eigenvalue weighted by molar-refractivity contribution is 0.128. The van der Waals surface area contributed by atoms with E-state index in [1.807, 2.05) is 20.8 Å². The van der Waals surface area contributed by atoms with Crippen molar-refractivity contribution in [3.63, 3.8) is 0 Å². The van der Waals surface area contributed by atoms with E-state index >= 15 is 0 Å². The number of aromatic nitrogens is 2. The summed E-state index contributed by atoms with van der Waals surface area (Å²) in [5, 5.41) is 2.77. The predicted molar refractivity (Wildman–Crippen MR) is 60.9 cm³/mol. The third-order valence-corrected chi connectivity index (χ3v) is 2.10. The largest absolute Gasteiger partial charge is 0.449 e. The fourth-order valence-electron chi connectivity index (χ4n) is 1.26. The summed E-state index contributed by atoms with van der Waals surface area (Å²) in [6.07, 6.45) is 3.78. The molecule has 0 bridgehead atoms. The van der Waals surface area contributed by atoms with Crippen LogP contribution in [0.2, 0.25) is 0 Å². The highest BCUT2D eigenvalue weighted by Crippen LogP contribution is 2.11. The van der Waals surface area contributed by atoms with Crippen LogP contribution in [0.15, 0.2) is 12.4 Å². The van der Waals surface area contributed by atoms with Crippen molar-refractivity contribution in [1.82, 2.24) is 15.3 Å². The first-order valence-corrected chi connectivity index (χ1v) is 5.56. The van der Waals surface area contributed by atoms with Gasteiger partial charge in [0.05, 0.1) is 12.6 Å². The fourth-order valence-corrected chi connectivity index (χ4v) is 1.26. The van der Waals surface area contributed by atoms with Crippen LogP contribution in [0.5, 0.6) is 0 Å². The first-order valence-electron chi connectivity index (χ1n) is 5.56. The molecule has 1 atom stereocenters. The Morgan fingerprint density at radius 1 is 1.62 bits per heavy atom. The Kier molecular flexibility index (Phi) is 4.82. The monoisotopic (exact) mass is 225 g/mol. The normalized spacial score (nSPS) is 12.5. The number of imidazole rings is 1. The maximum Gasteiger partial charge on any atom is 0.407 e. The van der Waals surface area contributed by atoms with Crippen LogP contribution in [0.4, 0.5) is 4.79 Å². The highest BCUT2D eigenvalue weighted by atomic mass is 16.5. The number of alkyl carbamates (subject to hydrolysis) is 1. The molecule has 0 radical (unpaired) electrons. The van der Waals surface area contributed by atoms with Crippen LogP contribution in [0.3, 0.4) is 0 Å². The number of H-pyrrole nitrogens is 1. The van der Waals surface area contributed by atoms with Crippen molar-refractivity contribution in [3.8, 4) is 0 Å². The van der Waals surface area contributed by atoms with Gasteiger partial charge in [0, 0.05) is 12.4 Å². The van der Waals surface area contributed by atoms with Crippen molar-refractivity contribution in [2.45, 2.75) is 33.2 Å². The summed E-state index contributed by atoms with van der Waals surface area (Å²) in [6.45, 7) is 6.41. The Bertz CT molecular complexity index is 309. The van der Waals surface area contributed by atoms with Gasteiger partial charge in [-0.25, -0.2) is 9.78 Å². The summed E-state index contributed by atoms with van der Waals surface area (Å²) in [5.41, 5.74) is 0. The van der Waals surface area contributed by atoms with E-state index in [0.717, 1.165) is 12.2 Å². The summed E-state index contributed by atoms with van der Waals surface area (Å²) in [6, 6.07) is -0.116. The van der Waals surface area contributed by atoms with Gasteiger partial charge in [-0.2, -0.15) is 0 Å². The second kappa shape index (κ2) is 6.15. The summed E-state index contributed by atoms with van der Waals surface area (Å²) in [4.78, 5) is 18.5. The first kappa shape index (κ1) is 12.5. The van der Waals surface area contributed by atoms with Crippen LogP contribution in [-0.4, -0.2) is 22.7 Å². The zero-order valence-electron chi connectivity index (χ0n) is 9.99. The second-order valence-electron chi connectivity index (χ2n) is 4.07. The number of aromatic amines is 1. The Balaban J connectivity index is 2.42. The molecule has 0 aliphatic rings. The van der Waals surface area contributed by atoms with E-state index in [4.69, 9.17) is 4.74 Å². The van der Waals surface area contributed by atoms with Gasteiger partial charge < -0.3 is 15.0 Å². The molecule has 1 heterocycles. The number of carbonyl (C=O) groups is 1. The number of amides is 1. The molecule has 0 spiro atoms. The average molecular weight is 225 g/mol. The van der Waals surface area contributed by atoms with E-state index in [1.54, 1.807) is 12.4 Å². The van der Waals surface area contributed by atoms with Crippen LogP contribution >= 0.6 is 0 Å². The van der Waals surface area contributed by atoms with Gasteiger partial charge in [-0.1, -0.05) is 20.8 Å². The zero-order valence-corrected chi connectivity index (χ0v) is 9.99. The van der Waals surface area contributed by atoms with Gasteiger partial charge in [-0.3, -0.25) is 0 Å². The van der Waals surface area contributed by atoms with Gasteiger partial charge in [-0.05, 0) is 12.3 Å². The van der Waals surface area contributed by atoms with E-state index in [2.05, 4.69) is 15.3 Å². The number of ether oxygens (including phenoxy) is 1. The van der Waals surface area contributed by atoms with Gasteiger partial charge >= 0.3 is 6.09 Å². The molecule has 0 saturated carbocycles. The molecule has 0 saturated heterocycles. The molecule has 0 aromatic carbocycles. The lowest BCUT2D eigenvalue weighted by atomic mass is 10.2. The molecule has 5 heteroatoms. The quantitative estimate of drug-likeness (QED) is 0.807. The highest BCUT2D eigenvalue weighted by Gasteiger charge is 2.15. The van der Waals surface area contributed by atoms with Crippen LogP contribution in [0.25, 0.3) is 0 Å². The number of rotatable bonds is 5. The molecule has 1 unspecified atom stereocenters. The third kappa shape index (κ3) is 3.92. The standard InChI is InChI=1S/C11H19N3O2/c1-4-9(10-12-5-6-13-10)14-11(15)16-7-8(2)3/h5-6,8-9H,4,7H2,1-3H3,(H,12,13)(H,14,15). The van der Waals surface area contributed by atoms with Gasteiger partial charge in [0.1, 0.15) is 5.82 Å². The molecular weight excluding hydrogens is 206 g/mol. The van der Waals surface area contributed by atoms with Crippen molar-refractivity contribution in [2.75, 3.05) is 6.61 Å². The fraction of sp³-hybridized carbons (Fsp3) is 0.636. The van der Waals surface area contributed by atoms with Crippen LogP contribution < -0.4 is 5.32 Å². The molecule has 2 N–H and O–H groups in total. The summed E-state index contributed by atoms with van der Waals surface area (Å²) in [5.74, 6) is 1.10. The molecular formula is C11H19N3O2. The van der Waals surface area contributed by atoms with Crippen molar-refractivity contribution >= 4 is 6.09 Å². The third-order valence-electron chi connectivity index (χ3n) is 2.10.